The lowest BCUT2D eigenvalue weighted by Gasteiger charge is -2.08. The third-order valence-corrected chi connectivity index (χ3v) is 3.15. The number of nitrogen functional groups attached to an aromatic ring is 1. The molecule has 2 aromatic rings. The average molecular weight is 263 g/mol. The topological polar surface area (TPSA) is 125 Å². The summed E-state index contributed by atoms with van der Waals surface area (Å²) in [6.45, 7) is 0. The normalized spacial score (nSPS) is 11.1. The molecule has 0 aliphatic heterocycles. The van der Waals surface area contributed by atoms with Crippen molar-refractivity contribution in [2.24, 2.45) is 0 Å². The van der Waals surface area contributed by atoms with Crippen molar-refractivity contribution in [1.29, 1.82) is 5.26 Å². The van der Waals surface area contributed by atoms with E-state index >= 15 is 0 Å². The van der Waals surface area contributed by atoms with Crippen molar-refractivity contribution >= 4 is 15.9 Å². The summed E-state index contributed by atoms with van der Waals surface area (Å²) in [4.78, 5) is -0.336. The standard InChI is InChI=1S/C10H8N4O3S/c11-5-7-6-13-14(10(7)12)8-1-3-9(4-2-8)18(15,16)17/h1-4,6H,12H2,(H,15,16,17)/p-1. The molecule has 8 heteroatoms. The highest BCUT2D eigenvalue weighted by Gasteiger charge is 2.09. The van der Waals surface area contributed by atoms with Crippen LogP contribution in [0.25, 0.3) is 5.69 Å². The van der Waals surface area contributed by atoms with Crippen LogP contribution in [-0.4, -0.2) is 22.8 Å². The van der Waals surface area contributed by atoms with E-state index < -0.39 is 10.1 Å². The van der Waals surface area contributed by atoms with Crippen LogP contribution in [-0.2, 0) is 10.1 Å². The van der Waals surface area contributed by atoms with Gasteiger partial charge in [-0.1, -0.05) is 0 Å². The van der Waals surface area contributed by atoms with E-state index in [0.717, 1.165) is 12.1 Å². The molecule has 0 aliphatic carbocycles. The molecule has 1 aromatic heterocycles. The van der Waals surface area contributed by atoms with Crippen molar-refractivity contribution < 1.29 is 13.0 Å². The number of aromatic nitrogens is 2. The summed E-state index contributed by atoms with van der Waals surface area (Å²) in [6.07, 6.45) is 1.30. The van der Waals surface area contributed by atoms with E-state index in [9.17, 15) is 13.0 Å². The van der Waals surface area contributed by atoms with Crippen LogP contribution in [0.4, 0.5) is 5.82 Å². The number of benzene rings is 1. The molecule has 2 rings (SSSR count). The molecule has 0 atom stereocenters. The molecule has 2 N–H and O–H groups in total. The van der Waals surface area contributed by atoms with Crippen LogP contribution in [0.2, 0.25) is 0 Å². The second-order valence-electron chi connectivity index (χ2n) is 3.42. The SMILES string of the molecule is N#Cc1cnn(-c2ccc(S(=O)(=O)[O-])cc2)c1N. The Bertz CT molecular complexity index is 725. The van der Waals surface area contributed by atoms with Crippen molar-refractivity contribution in [3.05, 3.63) is 36.0 Å². The maximum absolute atomic E-state index is 10.8. The van der Waals surface area contributed by atoms with Gasteiger partial charge in [-0.25, -0.2) is 13.1 Å². The molecule has 0 fully saturated rings. The first-order valence-electron chi connectivity index (χ1n) is 4.73. The van der Waals surface area contributed by atoms with E-state index in [1.807, 2.05) is 6.07 Å². The van der Waals surface area contributed by atoms with Crippen LogP contribution in [0.5, 0.6) is 0 Å². The molecule has 18 heavy (non-hydrogen) atoms. The monoisotopic (exact) mass is 263 g/mol. The highest BCUT2D eigenvalue weighted by molar-refractivity contribution is 7.85. The zero-order valence-electron chi connectivity index (χ0n) is 8.94. The van der Waals surface area contributed by atoms with Gasteiger partial charge in [0.05, 0.1) is 16.8 Å². The summed E-state index contributed by atoms with van der Waals surface area (Å²) in [6, 6.07) is 6.95. The number of anilines is 1. The molecule has 0 saturated heterocycles. The molecule has 0 amide bonds. The highest BCUT2D eigenvalue weighted by Crippen LogP contribution is 2.18. The van der Waals surface area contributed by atoms with Gasteiger partial charge in [0, 0.05) is 0 Å². The van der Waals surface area contributed by atoms with E-state index in [2.05, 4.69) is 5.10 Å². The van der Waals surface area contributed by atoms with Crippen molar-refractivity contribution in [2.75, 3.05) is 5.73 Å². The van der Waals surface area contributed by atoms with Gasteiger partial charge in [-0.05, 0) is 24.3 Å². The minimum Gasteiger partial charge on any atom is -0.744 e. The van der Waals surface area contributed by atoms with Crippen LogP contribution < -0.4 is 5.73 Å². The number of nitrogens with zero attached hydrogens (tertiary/aromatic N) is 3. The zero-order valence-corrected chi connectivity index (χ0v) is 9.76. The van der Waals surface area contributed by atoms with E-state index in [-0.39, 0.29) is 16.3 Å². The number of hydrogen-bond donors (Lipinski definition) is 1. The summed E-state index contributed by atoms with van der Waals surface area (Å²) in [5, 5.41) is 12.6. The minimum atomic E-state index is -4.47. The molecule has 0 unspecified atom stereocenters. The van der Waals surface area contributed by atoms with Crippen LogP contribution >= 0.6 is 0 Å². The number of nitrogens with two attached hydrogens (primary N) is 1. The van der Waals surface area contributed by atoms with E-state index in [4.69, 9.17) is 11.0 Å². The van der Waals surface area contributed by atoms with Gasteiger partial charge in [0.1, 0.15) is 27.6 Å². The van der Waals surface area contributed by atoms with Gasteiger partial charge in [0.15, 0.2) is 0 Å². The minimum absolute atomic E-state index is 0.148. The molecule has 0 bridgehead atoms. The van der Waals surface area contributed by atoms with Gasteiger partial charge in [-0.15, -0.1) is 0 Å². The smallest absolute Gasteiger partial charge is 0.145 e. The fraction of sp³-hybridized carbons (Fsp3) is 0. The van der Waals surface area contributed by atoms with Gasteiger partial charge in [-0.3, -0.25) is 0 Å². The molecule has 92 valence electrons. The first-order chi connectivity index (χ1) is 8.43. The average Bonchev–Trinajstić information content (AvgIpc) is 2.69. The number of rotatable bonds is 2. The summed E-state index contributed by atoms with van der Waals surface area (Å²) < 4.78 is 33.5. The number of nitriles is 1. The van der Waals surface area contributed by atoms with Crippen molar-refractivity contribution in [2.45, 2.75) is 4.90 Å². The van der Waals surface area contributed by atoms with E-state index in [0.29, 0.717) is 5.69 Å². The zero-order chi connectivity index (χ0) is 13.3. The summed E-state index contributed by atoms with van der Waals surface area (Å²) in [5.74, 6) is 0.148. The van der Waals surface area contributed by atoms with Gasteiger partial charge < -0.3 is 10.3 Å². The molecule has 0 spiro atoms. The quantitative estimate of drug-likeness (QED) is 0.773. The lowest BCUT2D eigenvalue weighted by atomic mass is 10.3. The Balaban J connectivity index is 2.48. The lowest BCUT2D eigenvalue weighted by Crippen LogP contribution is -2.03. The van der Waals surface area contributed by atoms with E-state index in [1.165, 1.54) is 23.0 Å². The van der Waals surface area contributed by atoms with Gasteiger partial charge in [0.2, 0.25) is 0 Å². The van der Waals surface area contributed by atoms with Crippen molar-refractivity contribution in [3.8, 4) is 11.8 Å². The first-order valence-corrected chi connectivity index (χ1v) is 6.14. The summed E-state index contributed by atoms with van der Waals surface area (Å²) in [5.41, 5.74) is 6.35. The van der Waals surface area contributed by atoms with Crippen LogP contribution in [0.15, 0.2) is 35.4 Å². The van der Waals surface area contributed by atoms with Gasteiger partial charge in [0.25, 0.3) is 0 Å². The third kappa shape index (κ3) is 2.04. The number of hydrogen-bond acceptors (Lipinski definition) is 6. The highest BCUT2D eigenvalue weighted by atomic mass is 32.2. The maximum atomic E-state index is 10.8. The molecule has 0 radical (unpaired) electrons. The largest absolute Gasteiger partial charge is 0.744 e. The fourth-order valence-corrected chi connectivity index (χ4v) is 1.87. The summed E-state index contributed by atoms with van der Waals surface area (Å²) >= 11 is 0. The predicted octanol–water partition coefficient (Wildman–Crippen LogP) is 0.230. The van der Waals surface area contributed by atoms with Crippen LogP contribution in [0, 0.1) is 11.3 Å². The van der Waals surface area contributed by atoms with Crippen molar-refractivity contribution in [3.63, 3.8) is 0 Å². The Kier molecular flexibility index (Phi) is 2.78. The third-order valence-electron chi connectivity index (χ3n) is 2.30. The Hall–Kier alpha value is -2.37. The second kappa shape index (κ2) is 4.14. The Labute approximate surface area is 103 Å². The Morgan fingerprint density at radius 1 is 1.33 bits per heavy atom. The van der Waals surface area contributed by atoms with Gasteiger partial charge in [-0.2, -0.15) is 10.4 Å². The predicted molar refractivity (Wildman–Crippen MR) is 60.7 cm³/mol. The lowest BCUT2D eigenvalue weighted by molar-refractivity contribution is 0.463. The van der Waals surface area contributed by atoms with Gasteiger partial charge >= 0.3 is 0 Å². The van der Waals surface area contributed by atoms with Crippen molar-refractivity contribution in [1.82, 2.24) is 9.78 Å². The molecule has 1 heterocycles. The Morgan fingerprint density at radius 2 is 1.94 bits per heavy atom. The fourth-order valence-electron chi connectivity index (χ4n) is 1.40. The molecule has 0 saturated carbocycles. The maximum Gasteiger partial charge on any atom is 0.145 e. The van der Waals surface area contributed by atoms with Crippen LogP contribution in [0.3, 0.4) is 0 Å². The molecular weight excluding hydrogens is 256 g/mol. The summed E-state index contributed by atoms with van der Waals surface area (Å²) in [7, 11) is -4.47. The Morgan fingerprint density at radius 3 is 2.39 bits per heavy atom. The molecular formula is C10H7N4O3S-. The van der Waals surface area contributed by atoms with Crippen LogP contribution in [0.1, 0.15) is 5.56 Å². The van der Waals surface area contributed by atoms with E-state index in [1.54, 1.807) is 0 Å². The molecule has 0 aliphatic rings. The molecule has 7 nitrogen and oxygen atoms in total. The first kappa shape index (κ1) is 12.1. The second-order valence-corrected chi connectivity index (χ2v) is 4.79. The molecule has 1 aromatic carbocycles.